The van der Waals surface area contributed by atoms with Crippen LogP contribution < -0.4 is 8.92 Å². The zero-order chi connectivity index (χ0) is 23.8. The lowest BCUT2D eigenvalue weighted by Gasteiger charge is -2.23. The number of nitrogens with zero attached hydrogens (tertiary/aromatic N) is 1. The number of carbonyl (C=O) groups is 1. The van der Waals surface area contributed by atoms with Crippen molar-refractivity contribution in [2.75, 3.05) is 27.4 Å². The molecule has 1 amide bonds. The summed E-state index contributed by atoms with van der Waals surface area (Å²) in [6, 6.07) is 17.6. The first-order valence-electron chi connectivity index (χ1n) is 10.0. The Balaban J connectivity index is 1.71. The van der Waals surface area contributed by atoms with Gasteiger partial charge in [0.1, 0.15) is 22.2 Å². The van der Waals surface area contributed by atoms with Gasteiger partial charge in [-0.25, -0.2) is 4.39 Å². The summed E-state index contributed by atoms with van der Waals surface area (Å²) in [4.78, 5) is 14.5. The SMILES string of the molecule is COCCN(Cc1ccc(OS(=O)(=O)c2ccc(F)cc2)cc1)C(=O)c1ccc(OC)cc1. The van der Waals surface area contributed by atoms with Crippen LogP contribution >= 0.6 is 0 Å². The van der Waals surface area contributed by atoms with Gasteiger partial charge < -0.3 is 18.6 Å². The molecule has 0 N–H and O–H groups in total. The molecule has 0 bridgehead atoms. The van der Waals surface area contributed by atoms with Gasteiger partial charge in [0, 0.05) is 25.8 Å². The van der Waals surface area contributed by atoms with Crippen molar-refractivity contribution in [2.45, 2.75) is 11.4 Å². The Morgan fingerprint density at radius 3 is 2.06 bits per heavy atom. The van der Waals surface area contributed by atoms with Crippen LogP contribution in [0.3, 0.4) is 0 Å². The number of methoxy groups -OCH3 is 2. The Labute approximate surface area is 192 Å². The van der Waals surface area contributed by atoms with Gasteiger partial charge in [-0.15, -0.1) is 0 Å². The molecule has 0 saturated heterocycles. The number of halogens is 1. The van der Waals surface area contributed by atoms with Gasteiger partial charge in [-0.3, -0.25) is 4.79 Å². The summed E-state index contributed by atoms with van der Waals surface area (Å²) >= 11 is 0. The predicted molar refractivity (Wildman–Crippen MR) is 120 cm³/mol. The smallest absolute Gasteiger partial charge is 0.339 e. The van der Waals surface area contributed by atoms with Crippen LogP contribution in [0.2, 0.25) is 0 Å². The lowest BCUT2D eigenvalue weighted by atomic mass is 10.1. The van der Waals surface area contributed by atoms with Crippen LogP contribution in [-0.2, 0) is 21.4 Å². The summed E-state index contributed by atoms with van der Waals surface area (Å²) in [6.45, 7) is 1.02. The molecule has 0 spiro atoms. The normalized spacial score (nSPS) is 11.1. The highest BCUT2D eigenvalue weighted by Gasteiger charge is 2.18. The summed E-state index contributed by atoms with van der Waals surface area (Å²) in [6.07, 6.45) is 0. The highest BCUT2D eigenvalue weighted by Crippen LogP contribution is 2.21. The molecule has 174 valence electrons. The monoisotopic (exact) mass is 473 g/mol. The molecule has 3 rings (SSSR count). The molecule has 0 atom stereocenters. The van der Waals surface area contributed by atoms with Crippen molar-refractivity contribution in [3.63, 3.8) is 0 Å². The third-order valence-electron chi connectivity index (χ3n) is 4.79. The van der Waals surface area contributed by atoms with Crippen LogP contribution in [0.4, 0.5) is 4.39 Å². The lowest BCUT2D eigenvalue weighted by Crippen LogP contribution is -2.33. The van der Waals surface area contributed by atoms with E-state index in [-0.39, 0.29) is 16.6 Å². The van der Waals surface area contributed by atoms with Gasteiger partial charge in [-0.1, -0.05) is 12.1 Å². The minimum Gasteiger partial charge on any atom is -0.497 e. The Morgan fingerprint density at radius 1 is 0.879 bits per heavy atom. The van der Waals surface area contributed by atoms with Crippen LogP contribution in [0.5, 0.6) is 11.5 Å². The molecule has 3 aromatic rings. The van der Waals surface area contributed by atoms with E-state index in [0.717, 1.165) is 29.8 Å². The van der Waals surface area contributed by atoms with E-state index in [9.17, 15) is 17.6 Å². The fraction of sp³-hybridized carbons (Fsp3) is 0.208. The van der Waals surface area contributed by atoms with Crippen molar-refractivity contribution in [1.82, 2.24) is 4.90 Å². The zero-order valence-corrected chi connectivity index (χ0v) is 19.0. The second-order valence-electron chi connectivity index (χ2n) is 7.08. The Hall–Kier alpha value is -3.43. The second kappa shape index (κ2) is 10.9. The molecule has 0 saturated carbocycles. The van der Waals surface area contributed by atoms with E-state index in [1.807, 2.05) is 0 Å². The maximum atomic E-state index is 13.1. The molecule has 3 aromatic carbocycles. The standard InChI is InChI=1S/C24H24FNO6S/c1-30-16-15-26(24(27)19-5-11-21(31-2)12-6-19)17-18-3-9-22(10-4-18)32-33(28,29)23-13-7-20(25)8-14-23/h3-14H,15-17H2,1-2H3. The maximum absolute atomic E-state index is 13.1. The Kier molecular flexibility index (Phi) is 8.02. The van der Waals surface area contributed by atoms with Gasteiger partial charge in [0.05, 0.1) is 13.7 Å². The molecule has 0 aromatic heterocycles. The predicted octanol–water partition coefficient (Wildman–Crippen LogP) is 3.89. The molecule has 0 aliphatic carbocycles. The molecule has 0 heterocycles. The van der Waals surface area contributed by atoms with E-state index < -0.39 is 15.9 Å². The van der Waals surface area contributed by atoms with E-state index in [1.54, 1.807) is 55.5 Å². The minimum atomic E-state index is -4.09. The highest BCUT2D eigenvalue weighted by atomic mass is 32.2. The summed E-state index contributed by atoms with van der Waals surface area (Å²) in [7, 11) is -0.976. The summed E-state index contributed by atoms with van der Waals surface area (Å²) in [5.74, 6) is 0.0450. The minimum absolute atomic E-state index is 0.105. The first-order valence-corrected chi connectivity index (χ1v) is 11.4. The van der Waals surface area contributed by atoms with Gasteiger partial charge >= 0.3 is 10.1 Å². The van der Waals surface area contributed by atoms with E-state index in [1.165, 1.54) is 12.1 Å². The number of hydrogen-bond acceptors (Lipinski definition) is 6. The van der Waals surface area contributed by atoms with Crippen molar-refractivity contribution in [3.8, 4) is 11.5 Å². The number of carbonyl (C=O) groups excluding carboxylic acids is 1. The summed E-state index contributed by atoms with van der Waals surface area (Å²) in [5.41, 5.74) is 1.29. The van der Waals surface area contributed by atoms with Crippen LogP contribution in [0.1, 0.15) is 15.9 Å². The number of amides is 1. The first-order chi connectivity index (χ1) is 15.8. The summed E-state index contributed by atoms with van der Waals surface area (Å²) in [5, 5.41) is 0. The number of hydrogen-bond donors (Lipinski definition) is 0. The van der Waals surface area contributed by atoms with Gasteiger partial charge in [0.25, 0.3) is 5.91 Å². The maximum Gasteiger partial charge on any atom is 0.339 e. The molecule has 9 heteroatoms. The van der Waals surface area contributed by atoms with Crippen LogP contribution in [0.25, 0.3) is 0 Å². The molecule has 0 unspecified atom stereocenters. The van der Waals surface area contributed by atoms with Gasteiger partial charge in [0.15, 0.2) is 0 Å². The van der Waals surface area contributed by atoms with Crippen LogP contribution in [-0.4, -0.2) is 46.6 Å². The topological polar surface area (TPSA) is 82.1 Å². The molecule has 0 fully saturated rings. The quantitative estimate of drug-likeness (QED) is 0.416. The largest absolute Gasteiger partial charge is 0.497 e. The lowest BCUT2D eigenvalue weighted by molar-refractivity contribution is 0.0680. The molecular weight excluding hydrogens is 449 g/mol. The third kappa shape index (κ3) is 6.53. The van der Waals surface area contributed by atoms with Gasteiger partial charge in [-0.2, -0.15) is 8.42 Å². The number of benzene rings is 3. The van der Waals surface area contributed by atoms with E-state index in [0.29, 0.717) is 31.0 Å². The highest BCUT2D eigenvalue weighted by molar-refractivity contribution is 7.87. The molecule has 33 heavy (non-hydrogen) atoms. The second-order valence-corrected chi connectivity index (χ2v) is 8.63. The van der Waals surface area contributed by atoms with Crippen molar-refractivity contribution < 1.29 is 31.3 Å². The van der Waals surface area contributed by atoms with Crippen LogP contribution in [0.15, 0.2) is 77.7 Å². The first kappa shape index (κ1) is 24.2. The van der Waals surface area contributed by atoms with Crippen molar-refractivity contribution in [1.29, 1.82) is 0 Å². The van der Waals surface area contributed by atoms with Crippen molar-refractivity contribution in [2.24, 2.45) is 0 Å². The Bertz CT molecular complexity index is 1160. The molecule has 0 aliphatic heterocycles. The van der Waals surface area contributed by atoms with Crippen LogP contribution in [0, 0.1) is 5.82 Å². The average molecular weight is 474 g/mol. The Morgan fingerprint density at radius 2 is 1.48 bits per heavy atom. The van der Waals surface area contributed by atoms with Gasteiger partial charge in [0.2, 0.25) is 0 Å². The summed E-state index contributed by atoms with van der Waals surface area (Å²) < 4.78 is 53.2. The molecular formula is C24H24FNO6S. The number of ether oxygens (including phenoxy) is 2. The fourth-order valence-electron chi connectivity index (χ4n) is 3.02. The van der Waals surface area contributed by atoms with Gasteiger partial charge in [-0.05, 0) is 66.2 Å². The molecule has 7 nitrogen and oxygen atoms in total. The van der Waals surface area contributed by atoms with E-state index >= 15 is 0 Å². The van der Waals surface area contributed by atoms with E-state index in [4.69, 9.17) is 13.7 Å². The van der Waals surface area contributed by atoms with Crippen molar-refractivity contribution in [3.05, 3.63) is 89.7 Å². The fourth-order valence-corrected chi connectivity index (χ4v) is 3.95. The zero-order valence-electron chi connectivity index (χ0n) is 18.2. The average Bonchev–Trinajstić information content (AvgIpc) is 2.82. The van der Waals surface area contributed by atoms with Crippen molar-refractivity contribution >= 4 is 16.0 Å². The molecule has 0 aliphatic rings. The third-order valence-corrected chi connectivity index (χ3v) is 6.06. The number of rotatable bonds is 10. The van der Waals surface area contributed by atoms with E-state index in [2.05, 4.69) is 0 Å². The molecule has 0 radical (unpaired) electrons.